The van der Waals surface area contributed by atoms with E-state index in [1.54, 1.807) is 0 Å². The van der Waals surface area contributed by atoms with E-state index in [4.69, 9.17) is 4.99 Å². The van der Waals surface area contributed by atoms with Crippen LogP contribution in [0.5, 0.6) is 0 Å². The van der Waals surface area contributed by atoms with Gasteiger partial charge in [0.25, 0.3) is 0 Å². The Balaban J connectivity index is 1.02. The van der Waals surface area contributed by atoms with Crippen LogP contribution >= 0.6 is 0 Å². The summed E-state index contributed by atoms with van der Waals surface area (Å²) in [5, 5.41) is 3.98. The molecular formula is C52H44N2. The number of aliphatic imine (C=N–C) groups is 1. The fraction of sp³-hybridized carbons (Fsp3) is 0.173. The van der Waals surface area contributed by atoms with Gasteiger partial charge in [-0.2, -0.15) is 0 Å². The lowest BCUT2D eigenvalue weighted by Crippen LogP contribution is -2.31. The Kier molecular flexibility index (Phi) is 8.52. The van der Waals surface area contributed by atoms with Crippen LogP contribution in [0, 0.1) is 0 Å². The average molecular weight is 697 g/mol. The Morgan fingerprint density at radius 1 is 0.556 bits per heavy atom. The van der Waals surface area contributed by atoms with E-state index in [1.165, 1.54) is 78.1 Å². The van der Waals surface area contributed by atoms with Gasteiger partial charge in [0.05, 0.1) is 5.71 Å². The van der Waals surface area contributed by atoms with Crippen LogP contribution in [-0.4, -0.2) is 5.71 Å². The molecule has 2 heteroatoms. The van der Waals surface area contributed by atoms with Crippen molar-refractivity contribution in [1.29, 1.82) is 0 Å². The summed E-state index contributed by atoms with van der Waals surface area (Å²) in [6.07, 6.45) is 36.0. The second-order valence-corrected chi connectivity index (χ2v) is 15.1. The molecule has 10 rings (SSSR count). The molecule has 0 spiro atoms. The van der Waals surface area contributed by atoms with Gasteiger partial charge in [-0.15, -0.1) is 0 Å². The Morgan fingerprint density at radius 3 is 2.00 bits per heavy atom. The second-order valence-electron chi connectivity index (χ2n) is 15.1. The Morgan fingerprint density at radius 2 is 1.26 bits per heavy atom. The first kappa shape index (κ1) is 32.6. The molecule has 3 unspecified atom stereocenters. The van der Waals surface area contributed by atoms with E-state index in [0.717, 1.165) is 44.2 Å². The van der Waals surface area contributed by atoms with Crippen LogP contribution in [0.15, 0.2) is 203 Å². The number of hydrogen-bond acceptors (Lipinski definition) is 2. The van der Waals surface area contributed by atoms with Crippen molar-refractivity contribution in [3.63, 3.8) is 0 Å². The lowest BCUT2D eigenvalue weighted by Gasteiger charge is -2.34. The molecule has 1 N–H and O–H groups in total. The molecule has 4 aromatic carbocycles. The molecular weight excluding hydrogens is 653 g/mol. The van der Waals surface area contributed by atoms with Crippen LogP contribution in [0.25, 0.3) is 33.4 Å². The zero-order chi connectivity index (χ0) is 35.8. The molecule has 6 aliphatic rings. The van der Waals surface area contributed by atoms with Gasteiger partial charge in [-0.3, -0.25) is 4.99 Å². The number of nitrogens with zero attached hydrogens (tertiary/aromatic N) is 1. The van der Waals surface area contributed by atoms with Crippen molar-refractivity contribution < 1.29 is 0 Å². The standard InChI is InChI=1S/C52H44N2/c1-4-16-35(17-5-1)49-50(36-18-6-2-7-19-36)53-52(54-51(49)37-20-8-3-9-21-37)42-25-15-24-40(33-42)38-22-14-23-39(32-38)41-30-31-47-45-28-11-10-26-43(45)44-27-12-13-29-46(44)48(47)34-41/h2,4,6,8,10-18,20-34,43,45,52-53H,1,3,5,7,9,19H2. The summed E-state index contributed by atoms with van der Waals surface area (Å²) < 4.78 is 0. The molecule has 54 heavy (non-hydrogen) atoms. The van der Waals surface area contributed by atoms with E-state index in [2.05, 4.69) is 175 Å². The molecule has 0 bridgehead atoms. The van der Waals surface area contributed by atoms with Gasteiger partial charge < -0.3 is 5.32 Å². The van der Waals surface area contributed by atoms with Crippen molar-refractivity contribution in [2.75, 3.05) is 0 Å². The van der Waals surface area contributed by atoms with Gasteiger partial charge in [-0.25, -0.2) is 0 Å². The van der Waals surface area contributed by atoms with Crippen LogP contribution in [0.4, 0.5) is 0 Å². The number of fused-ring (bicyclic) bond motifs is 6. The zero-order valence-corrected chi connectivity index (χ0v) is 30.6. The number of nitrogens with one attached hydrogen (secondary N) is 1. The molecule has 0 aromatic heterocycles. The minimum atomic E-state index is -0.202. The minimum Gasteiger partial charge on any atom is -0.359 e. The van der Waals surface area contributed by atoms with Crippen molar-refractivity contribution in [3.8, 4) is 33.4 Å². The molecule has 3 atom stereocenters. The molecule has 0 saturated heterocycles. The molecule has 5 aliphatic carbocycles. The summed E-state index contributed by atoms with van der Waals surface area (Å²) in [7, 11) is 0. The summed E-state index contributed by atoms with van der Waals surface area (Å²) in [5.74, 6) is 0.767. The SMILES string of the molecule is C1=CCCC(C2=C(C3=CCCC=C3)C(C3=CCCC=C3)=NC(c3cccc(-c4cccc(-c5ccc6c(c5)-c5ccccc5C5C=CC=CC65)c4)c3)N2)=C1. The maximum atomic E-state index is 5.56. The highest BCUT2D eigenvalue weighted by atomic mass is 15.1. The zero-order valence-electron chi connectivity index (χ0n) is 30.6. The van der Waals surface area contributed by atoms with E-state index < -0.39 is 0 Å². The summed E-state index contributed by atoms with van der Waals surface area (Å²) in [5.41, 5.74) is 19.0. The lowest BCUT2D eigenvalue weighted by molar-refractivity contribution is 0.614. The molecule has 2 nitrogen and oxygen atoms in total. The molecule has 0 saturated carbocycles. The third-order valence-corrected chi connectivity index (χ3v) is 11.8. The van der Waals surface area contributed by atoms with Crippen molar-refractivity contribution in [2.24, 2.45) is 4.99 Å². The average Bonchev–Trinajstić information content (AvgIpc) is 3.27. The summed E-state index contributed by atoms with van der Waals surface area (Å²) in [6, 6.07) is 34.1. The molecule has 1 aliphatic heterocycles. The van der Waals surface area contributed by atoms with E-state index >= 15 is 0 Å². The smallest absolute Gasteiger partial charge is 0.145 e. The third-order valence-electron chi connectivity index (χ3n) is 11.8. The topological polar surface area (TPSA) is 24.4 Å². The predicted octanol–water partition coefficient (Wildman–Crippen LogP) is 13.1. The van der Waals surface area contributed by atoms with Crippen molar-refractivity contribution in [1.82, 2.24) is 5.32 Å². The molecule has 0 fully saturated rings. The minimum absolute atomic E-state index is 0.202. The van der Waals surface area contributed by atoms with Crippen LogP contribution in [0.2, 0.25) is 0 Å². The third kappa shape index (κ3) is 5.96. The largest absolute Gasteiger partial charge is 0.359 e. The second kappa shape index (κ2) is 14.1. The monoisotopic (exact) mass is 696 g/mol. The molecule has 262 valence electrons. The van der Waals surface area contributed by atoms with Gasteiger partial charge in [0.15, 0.2) is 0 Å². The maximum absolute atomic E-state index is 5.56. The van der Waals surface area contributed by atoms with Gasteiger partial charge in [-0.1, -0.05) is 152 Å². The molecule has 0 radical (unpaired) electrons. The fourth-order valence-corrected chi connectivity index (χ4v) is 9.12. The van der Waals surface area contributed by atoms with Crippen LogP contribution in [0.3, 0.4) is 0 Å². The van der Waals surface area contributed by atoms with Crippen LogP contribution in [0.1, 0.15) is 73.2 Å². The van der Waals surface area contributed by atoms with E-state index in [1.807, 2.05) is 0 Å². The molecule has 1 heterocycles. The highest BCUT2D eigenvalue weighted by Gasteiger charge is 2.32. The maximum Gasteiger partial charge on any atom is 0.145 e. The molecule has 0 amide bonds. The van der Waals surface area contributed by atoms with Gasteiger partial charge in [-0.05, 0) is 124 Å². The molecule has 4 aromatic rings. The fourth-order valence-electron chi connectivity index (χ4n) is 9.12. The van der Waals surface area contributed by atoms with Crippen molar-refractivity contribution in [3.05, 3.63) is 215 Å². The van der Waals surface area contributed by atoms with Crippen molar-refractivity contribution >= 4 is 5.71 Å². The summed E-state index contributed by atoms with van der Waals surface area (Å²) >= 11 is 0. The van der Waals surface area contributed by atoms with E-state index in [0.29, 0.717) is 11.8 Å². The van der Waals surface area contributed by atoms with E-state index in [9.17, 15) is 0 Å². The van der Waals surface area contributed by atoms with Gasteiger partial charge >= 0.3 is 0 Å². The number of hydrogen-bond donors (Lipinski definition) is 1. The predicted molar refractivity (Wildman–Crippen MR) is 226 cm³/mol. The first-order chi connectivity index (χ1) is 26.8. The number of benzene rings is 4. The van der Waals surface area contributed by atoms with Gasteiger partial charge in [0, 0.05) is 23.1 Å². The normalized spacial score (nSPS) is 22.3. The van der Waals surface area contributed by atoms with Crippen LogP contribution in [-0.2, 0) is 0 Å². The highest BCUT2D eigenvalue weighted by Crippen LogP contribution is 2.50. The number of allylic oxidation sites excluding steroid dienone is 17. The Labute approximate surface area is 319 Å². The highest BCUT2D eigenvalue weighted by molar-refractivity contribution is 6.18. The Hall–Kier alpha value is -5.99. The summed E-state index contributed by atoms with van der Waals surface area (Å²) in [6.45, 7) is 0. The number of rotatable bonds is 6. The van der Waals surface area contributed by atoms with E-state index in [-0.39, 0.29) is 6.17 Å². The summed E-state index contributed by atoms with van der Waals surface area (Å²) in [4.78, 5) is 5.56. The first-order valence-electron chi connectivity index (χ1n) is 19.8. The van der Waals surface area contributed by atoms with Crippen LogP contribution < -0.4 is 5.32 Å². The van der Waals surface area contributed by atoms with Gasteiger partial charge in [0.1, 0.15) is 6.17 Å². The van der Waals surface area contributed by atoms with Crippen molar-refractivity contribution in [2.45, 2.75) is 56.5 Å². The Bertz CT molecular complexity index is 2480. The van der Waals surface area contributed by atoms with Gasteiger partial charge in [0.2, 0.25) is 0 Å². The lowest BCUT2D eigenvalue weighted by atomic mass is 9.69. The first-order valence-corrected chi connectivity index (χ1v) is 19.8. The quantitative estimate of drug-likeness (QED) is 0.213.